The number of pyridine rings is 1. The van der Waals surface area contributed by atoms with E-state index in [0.29, 0.717) is 11.7 Å². The van der Waals surface area contributed by atoms with Gasteiger partial charge >= 0.3 is 0 Å². The summed E-state index contributed by atoms with van der Waals surface area (Å²) in [7, 11) is 0. The predicted octanol–water partition coefficient (Wildman–Crippen LogP) is 2.43. The van der Waals surface area contributed by atoms with E-state index in [1.54, 1.807) is 12.4 Å². The molecule has 2 aromatic rings. The van der Waals surface area contributed by atoms with E-state index in [4.69, 9.17) is 5.73 Å². The zero-order valence-electron chi connectivity index (χ0n) is 10.3. The lowest BCUT2D eigenvalue weighted by molar-refractivity contribution is 0.355. The first kappa shape index (κ1) is 11.2. The van der Waals surface area contributed by atoms with Crippen molar-refractivity contribution in [2.75, 3.05) is 5.73 Å². The highest BCUT2D eigenvalue weighted by Gasteiger charge is 2.19. The number of nitrogens with two attached hydrogens (primary N) is 1. The van der Waals surface area contributed by atoms with E-state index in [2.05, 4.69) is 19.7 Å². The maximum atomic E-state index is 5.77. The summed E-state index contributed by atoms with van der Waals surface area (Å²) < 4.78 is 2.18. The Bertz CT molecular complexity index is 528. The molecule has 0 saturated heterocycles. The van der Waals surface area contributed by atoms with Gasteiger partial charge in [-0.15, -0.1) is 10.2 Å². The Morgan fingerprint density at radius 3 is 2.78 bits per heavy atom. The van der Waals surface area contributed by atoms with Gasteiger partial charge in [0.25, 0.3) is 0 Å². The van der Waals surface area contributed by atoms with E-state index < -0.39 is 0 Å². The molecular formula is C13H17N5. The van der Waals surface area contributed by atoms with Gasteiger partial charge in [-0.05, 0) is 18.9 Å². The van der Waals surface area contributed by atoms with Crippen LogP contribution < -0.4 is 5.73 Å². The average Bonchev–Trinajstić information content (AvgIpc) is 2.89. The van der Waals surface area contributed by atoms with Crippen molar-refractivity contribution in [2.45, 2.75) is 38.1 Å². The molecule has 0 aromatic carbocycles. The van der Waals surface area contributed by atoms with Crippen LogP contribution in [-0.4, -0.2) is 19.7 Å². The molecule has 0 spiro atoms. The molecule has 1 saturated carbocycles. The molecule has 0 atom stereocenters. The number of rotatable bonds is 2. The summed E-state index contributed by atoms with van der Waals surface area (Å²) in [4.78, 5) is 4.12. The van der Waals surface area contributed by atoms with E-state index in [9.17, 15) is 0 Å². The predicted molar refractivity (Wildman–Crippen MR) is 69.8 cm³/mol. The molecule has 0 unspecified atom stereocenters. The third-order valence-corrected chi connectivity index (χ3v) is 3.56. The Morgan fingerprint density at radius 2 is 2.00 bits per heavy atom. The summed E-state index contributed by atoms with van der Waals surface area (Å²) in [5.41, 5.74) is 7.37. The van der Waals surface area contributed by atoms with Gasteiger partial charge in [0.05, 0.1) is 5.69 Å². The number of anilines is 1. The number of hydrogen-bond acceptors (Lipinski definition) is 4. The summed E-state index contributed by atoms with van der Waals surface area (Å²) in [6, 6.07) is 2.42. The average molecular weight is 243 g/mol. The number of hydrogen-bond donors (Lipinski definition) is 1. The van der Waals surface area contributed by atoms with Gasteiger partial charge in [0.1, 0.15) is 6.33 Å². The Balaban J connectivity index is 1.95. The van der Waals surface area contributed by atoms with E-state index in [-0.39, 0.29) is 0 Å². The van der Waals surface area contributed by atoms with Crippen LogP contribution in [0, 0.1) is 0 Å². The van der Waals surface area contributed by atoms with Gasteiger partial charge in [-0.3, -0.25) is 4.98 Å². The van der Waals surface area contributed by atoms with Crippen molar-refractivity contribution in [1.29, 1.82) is 0 Å². The molecule has 0 bridgehead atoms. The van der Waals surface area contributed by atoms with Gasteiger partial charge in [-0.2, -0.15) is 0 Å². The van der Waals surface area contributed by atoms with Crippen LogP contribution in [0.3, 0.4) is 0 Å². The maximum Gasteiger partial charge on any atom is 0.165 e. The highest BCUT2D eigenvalue weighted by atomic mass is 15.3. The molecule has 3 rings (SSSR count). The summed E-state index contributed by atoms with van der Waals surface area (Å²) >= 11 is 0. The van der Waals surface area contributed by atoms with E-state index in [0.717, 1.165) is 11.4 Å². The van der Waals surface area contributed by atoms with Crippen LogP contribution in [0.5, 0.6) is 0 Å². The molecule has 0 aliphatic heterocycles. The highest BCUT2D eigenvalue weighted by Crippen LogP contribution is 2.31. The van der Waals surface area contributed by atoms with E-state index >= 15 is 0 Å². The molecule has 0 radical (unpaired) electrons. The lowest BCUT2D eigenvalue weighted by Gasteiger charge is -2.23. The standard InChI is InChI=1S/C13H17N5/c14-11-6-10(7-15-8-11)13-17-16-9-18(13)12-4-2-1-3-5-12/h6-9,12H,1-5,14H2. The fraction of sp³-hybridized carbons (Fsp3) is 0.462. The second-order valence-corrected chi connectivity index (χ2v) is 4.86. The van der Waals surface area contributed by atoms with Crippen LogP contribution in [-0.2, 0) is 0 Å². The molecule has 2 N–H and O–H groups in total. The molecular weight excluding hydrogens is 226 g/mol. The third kappa shape index (κ3) is 2.08. The SMILES string of the molecule is Nc1cncc(-c2nncn2C2CCCCC2)c1. The fourth-order valence-electron chi connectivity index (χ4n) is 2.66. The smallest absolute Gasteiger partial charge is 0.165 e. The first-order valence-electron chi connectivity index (χ1n) is 6.45. The van der Waals surface area contributed by atoms with Gasteiger partial charge < -0.3 is 10.3 Å². The molecule has 2 aromatic heterocycles. The summed E-state index contributed by atoms with van der Waals surface area (Å²) in [6.07, 6.45) is 11.6. The largest absolute Gasteiger partial charge is 0.397 e. The number of nitrogen functional groups attached to an aromatic ring is 1. The Labute approximate surface area is 106 Å². The van der Waals surface area contributed by atoms with Gasteiger partial charge in [0.15, 0.2) is 5.82 Å². The first-order chi connectivity index (χ1) is 8.84. The van der Waals surface area contributed by atoms with Gasteiger partial charge in [0.2, 0.25) is 0 Å². The molecule has 1 aliphatic rings. The summed E-state index contributed by atoms with van der Waals surface area (Å²) in [5.74, 6) is 0.877. The van der Waals surface area contributed by atoms with E-state index in [1.807, 2.05) is 12.4 Å². The van der Waals surface area contributed by atoms with Crippen LogP contribution in [0.25, 0.3) is 11.4 Å². The molecule has 1 fully saturated rings. The third-order valence-electron chi connectivity index (χ3n) is 3.56. The van der Waals surface area contributed by atoms with Crippen molar-refractivity contribution in [3.05, 3.63) is 24.8 Å². The lowest BCUT2D eigenvalue weighted by Crippen LogP contribution is -2.13. The van der Waals surface area contributed by atoms with Crippen LogP contribution in [0.4, 0.5) is 5.69 Å². The first-order valence-corrected chi connectivity index (χ1v) is 6.45. The van der Waals surface area contributed by atoms with Crippen molar-refractivity contribution < 1.29 is 0 Å². The molecule has 2 heterocycles. The summed E-state index contributed by atoms with van der Waals surface area (Å²) in [6.45, 7) is 0. The minimum atomic E-state index is 0.519. The van der Waals surface area contributed by atoms with Crippen molar-refractivity contribution in [3.8, 4) is 11.4 Å². The zero-order chi connectivity index (χ0) is 12.4. The lowest BCUT2D eigenvalue weighted by atomic mass is 9.95. The van der Waals surface area contributed by atoms with Gasteiger partial charge in [-0.1, -0.05) is 19.3 Å². The Hall–Kier alpha value is -1.91. The topological polar surface area (TPSA) is 69.6 Å². The maximum absolute atomic E-state index is 5.77. The minimum absolute atomic E-state index is 0.519. The normalized spacial score (nSPS) is 16.9. The van der Waals surface area contributed by atoms with E-state index in [1.165, 1.54) is 32.1 Å². The van der Waals surface area contributed by atoms with Crippen LogP contribution >= 0.6 is 0 Å². The minimum Gasteiger partial charge on any atom is -0.397 e. The van der Waals surface area contributed by atoms with Crippen molar-refractivity contribution in [3.63, 3.8) is 0 Å². The summed E-state index contributed by atoms with van der Waals surface area (Å²) in [5, 5.41) is 8.27. The Kier molecular flexibility index (Phi) is 2.96. The van der Waals surface area contributed by atoms with Crippen LogP contribution in [0.15, 0.2) is 24.8 Å². The van der Waals surface area contributed by atoms with Crippen molar-refractivity contribution >= 4 is 5.69 Å². The van der Waals surface area contributed by atoms with Crippen molar-refractivity contribution in [1.82, 2.24) is 19.7 Å². The van der Waals surface area contributed by atoms with Gasteiger partial charge in [-0.25, -0.2) is 0 Å². The second kappa shape index (κ2) is 4.76. The highest BCUT2D eigenvalue weighted by molar-refractivity contribution is 5.59. The number of nitrogens with zero attached hydrogens (tertiary/aromatic N) is 4. The molecule has 18 heavy (non-hydrogen) atoms. The molecule has 5 heteroatoms. The van der Waals surface area contributed by atoms with Crippen molar-refractivity contribution in [2.24, 2.45) is 0 Å². The monoisotopic (exact) mass is 243 g/mol. The van der Waals surface area contributed by atoms with Crippen LogP contribution in [0.1, 0.15) is 38.1 Å². The molecule has 1 aliphatic carbocycles. The van der Waals surface area contributed by atoms with Crippen LogP contribution in [0.2, 0.25) is 0 Å². The fourth-order valence-corrected chi connectivity index (χ4v) is 2.66. The Morgan fingerprint density at radius 1 is 1.17 bits per heavy atom. The molecule has 94 valence electrons. The zero-order valence-corrected chi connectivity index (χ0v) is 10.3. The van der Waals surface area contributed by atoms with Gasteiger partial charge in [0, 0.05) is 24.0 Å². The molecule has 0 amide bonds. The molecule has 5 nitrogen and oxygen atoms in total. The second-order valence-electron chi connectivity index (χ2n) is 4.86. The number of aromatic nitrogens is 4. The quantitative estimate of drug-likeness (QED) is 0.879.